The first-order valence-corrected chi connectivity index (χ1v) is 10.8. The van der Waals surface area contributed by atoms with E-state index in [0.29, 0.717) is 19.0 Å². The van der Waals surface area contributed by atoms with Crippen molar-refractivity contribution >= 4 is 11.9 Å². The molecule has 0 bridgehead atoms. The van der Waals surface area contributed by atoms with Crippen LogP contribution in [0.5, 0.6) is 0 Å². The van der Waals surface area contributed by atoms with Crippen LogP contribution in [0.3, 0.4) is 0 Å². The number of pyridine rings is 1. The minimum atomic E-state index is -0.322. The molecule has 0 radical (unpaired) electrons. The number of ether oxygens (including phenoxy) is 1. The predicted molar refractivity (Wildman–Crippen MR) is 119 cm³/mol. The third-order valence-electron chi connectivity index (χ3n) is 6.34. The van der Waals surface area contributed by atoms with Gasteiger partial charge in [0.15, 0.2) is 0 Å². The molecule has 160 valence electrons. The van der Waals surface area contributed by atoms with Gasteiger partial charge in [0.25, 0.3) is 0 Å². The fourth-order valence-electron chi connectivity index (χ4n) is 4.46. The van der Waals surface area contributed by atoms with Gasteiger partial charge < -0.3 is 14.5 Å². The van der Waals surface area contributed by atoms with E-state index in [4.69, 9.17) is 4.74 Å². The van der Waals surface area contributed by atoms with E-state index in [9.17, 15) is 4.79 Å². The highest BCUT2D eigenvalue weighted by molar-refractivity contribution is 5.71. The van der Waals surface area contributed by atoms with Crippen molar-refractivity contribution < 1.29 is 9.53 Å². The third-order valence-corrected chi connectivity index (χ3v) is 6.34. The third kappa shape index (κ3) is 4.59. The van der Waals surface area contributed by atoms with Crippen LogP contribution >= 0.6 is 0 Å². The van der Waals surface area contributed by atoms with Crippen molar-refractivity contribution in [3.63, 3.8) is 0 Å². The number of hydrogen-bond acceptors (Lipinski definition) is 5. The summed E-state index contributed by atoms with van der Waals surface area (Å²) in [7, 11) is 4.00. The lowest BCUT2D eigenvalue weighted by Gasteiger charge is -2.37. The number of hydrogen-bond donors (Lipinski definition) is 0. The van der Waals surface area contributed by atoms with Crippen LogP contribution in [-0.2, 0) is 11.3 Å². The van der Waals surface area contributed by atoms with Crippen molar-refractivity contribution in [2.24, 2.45) is 0 Å². The second kappa shape index (κ2) is 8.64. The molecule has 2 saturated heterocycles. The number of rotatable bonds is 6. The summed E-state index contributed by atoms with van der Waals surface area (Å²) in [6.07, 6.45) is 3.58. The largest absolute Gasteiger partial charge is 0.441 e. The number of benzene rings is 1. The highest BCUT2D eigenvalue weighted by atomic mass is 16.6. The van der Waals surface area contributed by atoms with E-state index in [1.54, 1.807) is 0 Å². The van der Waals surface area contributed by atoms with Crippen LogP contribution in [0.15, 0.2) is 48.7 Å². The molecule has 2 aliphatic rings. The highest BCUT2D eigenvalue weighted by Gasteiger charge is 2.47. The Balaban J connectivity index is 1.30. The maximum Gasteiger partial charge on any atom is 0.410 e. The van der Waals surface area contributed by atoms with Gasteiger partial charge in [-0.2, -0.15) is 0 Å². The summed E-state index contributed by atoms with van der Waals surface area (Å²) in [5.74, 6) is 1.27. The first-order chi connectivity index (χ1) is 14.4. The number of piperidine rings is 1. The molecule has 1 aromatic carbocycles. The summed E-state index contributed by atoms with van der Waals surface area (Å²) >= 11 is 0. The van der Waals surface area contributed by atoms with Gasteiger partial charge in [-0.05, 0) is 23.1 Å². The number of anilines is 1. The smallest absolute Gasteiger partial charge is 0.410 e. The Labute approximate surface area is 179 Å². The molecular formula is C24H32N4O2. The fraction of sp³-hybridized carbons (Fsp3) is 0.500. The van der Waals surface area contributed by atoms with Crippen LogP contribution in [-0.4, -0.2) is 66.8 Å². The van der Waals surface area contributed by atoms with Crippen LogP contribution in [0.25, 0.3) is 0 Å². The van der Waals surface area contributed by atoms with E-state index in [-0.39, 0.29) is 11.7 Å². The number of nitrogens with zero attached hydrogens (tertiary/aromatic N) is 4. The average Bonchev–Trinajstić information content (AvgIpc) is 3.05. The van der Waals surface area contributed by atoms with Crippen LogP contribution in [0.1, 0.15) is 36.8 Å². The lowest BCUT2D eigenvalue weighted by Crippen LogP contribution is -2.46. The van der Waals surface area contributed by atoms with Gasteiger partial charge in [-0.15, -0.1) is 0 Å². The number of carbonyl (C=O) groups excluding carboxylic acids is 1. The molecule has 1 atom stereocenters. The Morgan fingerprint density at radius 2 is 1.87 bits per heavy atom. The lowest BCUT2D eigenvalue weighted by atomic mass is 9.90. The van der Waals surface area contributed by atoms with Gasteiger partial charge in [-0.1, -0.05) is 43.3 Å². The molecule has 2 fully saturated rings. The van der Waals surface area contributed by atoms with Crippen LogP contribution in [0.4, 0.5) is 10.6 Å². The molecule has 1 amide bonds. The zero-order chi connectivity index (χ0) is 21.1. The zero-order valence-corrected chi connectivity index (χ0v) is 18.3. The summed E-state index contributed by atoms with van der Waals surface area (Å²) < 4.78 is 5.92. The zero-order valence-electron chi connectivity index (χ0n) is 18.3. The van der Waals surface area contributed by atoms with Crippen molar-refractivity contribution in [3.8, 4) is 0 Å². The van der Waals surface area contributed by atoms with E-state index >= 15 is 0 Å². The van der Waals surface area contributed by atoms with Crippen LogP contribution in [0.2, 0.25) is 0 Å². The van der Waals surface area contributed by atoms with Crippen LogP contribution in [0, 0.1) is 0 Å². The van der Waals surface area contributed by atoms with E-state index in [1.165, 1.54) is 11.1 Å². The van der Waals surface area contributed by atoms with Crippen molar-refractivity contribution in [2.75, 3.05) is 45.2 Å². The quantitative estimate of drug-likeness (QED) is 0.729. The Kier molecular flexibility index (Phi) is 5.95. The molecule has 1 spiro atoms. The molecule has 6 heteroatoms. The Hall–Kier alpha value is -2.60. The molecule has 6 nitrogen and oxygen atoms in total. The summed E-state index contributed by atoms with van der Waals surface area (Å²) in [4.78, 5) is 23.4. The normalized spacial score (nSPS) is 19.7. The van der Waals surface area contributed by atoms with E-state index < -0.39 is 0 Å². The number of carbonyl (C=O) groups is 1. The Morgan fingerprint density at radius 1 is 1.13 bits per heavy atom. The van der Waals surface area contributed by atoms with Gasteiger partial charge in [-0.25, -0.2) is 9.78 Å². The first-order valence-electron chi connectivity index (χ1n) is 10.8. The predicted octanol–water partition coefficient (Wildman–Crippen LogP) is 3.74. The molecule has 1 aromatic heterocycles. The molecular weight excluding hydrogens is 376 g/mol. The van der Waals surface area contributed by atoms with E-state index in [0.717, 1.165) is 38.3 Å². The summed E-state index contributed by atoms with van der Waals surface area (Å²) in [6.45, 7) is 6.34. The number of aromatic nitrogens is 1. The molecule has 3 heterocycles. The molecule has 30 heavy (non-hydrogen) atoms. The van der Waals surface area contributed by atoms with Crippen LogP contribution < -0.4 is 4.90 Å². The van der Waals surface area contributed by atoms with Crippen molar-refractivity contribution in [2.45, 2.75) is 37.8 Å². The summed E-state index contributed by atoms with van der Waals surface area (Å²) in [5.41, 5.74) is 2.16. The highest BCUT2D eigenvalue weighted by Crippen LogP contribution is 2.34. The van der Waals surface area contributed by atoms with Crippen molar-refractivity contribution in [3.05, 3.63) is 59.8 Å². The van der Waals surface area contributed by atoms with Crippen molar-refractivity contribution in [1.29, 1.82) is 0 Å². The average molecular weight is 409 g/mol. The molecule has 0 aliphatic carbocycles. The van der Waals surface area contributed by atoms with E-state index in [1.807, 2.05) is 36.2 Å². The van der Waals surface area contributed by atoms with Gasteiger partial charge in [0.05, 0.1) is 6.54 Å². The molecule has 4 rings (SSSR count). The molecule has 0 saturated carbocycles. The SMILES string of the molecule is C[C@H](CN1CC2(CCN(Cc3ccc(N(C)C)nc3)CC2)OC1=O)c1ccccc1. The standard InChI is InChI=1S/C24H32N4O2/c1-19(21-7-5-4-6-8-21)16-28-18-24(30-23(28)29)11-13-27(14-12-24)17-20-9-10-22(25-15-20)26(2)3/h4-10,15,19H,11-14,16-18H2,1-3H3/t19-/m1/s1. The minimum Gasteiger partial charge on any atom is -0.441 e. The second-order valence-electron chi connectivity index (χ2n) is 8.94. The fourth-order valence-corrected chi connectivity index (χ4v) is 4.46. The minimum absolute atomic E-state index is 0.158. The molecule has 2 aliphatic heterocycles. The van der Waals surface area contributed by atoms with Crippen molar-refractivity contribution in [1.82, 2.24) is 14.8 Å². The van der Waals surface area contributed by atoms with Gasteiger partial charge in [0.2, 0.25) is 0 Å². The van der Waals surface area contributed by atoms with Gasteiger partial charge in [0, 0.05) is 59.3 Å². The van der Waals surface area contributed by atoms with Gasteiger partial charge in [-0.3, -0.25) is 4.90 Å². The second-order valence-corrected chi connectivity index (χ2v) is 8.94. The summed E-state index contributed by atoms with van der Waals surface area (Å²) in [6, 6.07) is 14.6. The summed E-state index contributed by atoms with van der Waals surface area (Å²) in [5, 5.41) is 0. The maximum atomic E-state index is 12.6. The van der Waals surface area contributed by atoms with E-state index in [2.05, 4.69) is 53.2 Å². The maximum absolute atomic E-state index is 12.6. The number of likely N-dealkylation sites (tertiary alicyclic amines) is 1. The molecule has 0 N–H and O–H groups in total. The molecule has 0 unspecified atom stereocenters. The Bertz CT molecular complexity index is 845. The Morgan fingerprint density at radius 3 is 2.50 bits per heavy atom. The number of amides is 1. The lowest BCUT2D eigenvalue weighted by molar-refractivity contribution is -0.00126. The van der Waals surface area contributed by atoms with Gasteiger partial charge >= 0.3 is 6.09 Å². The monoisotopic (exact) mass is 408 g/mol. The van der Waals surface area contributed by atoms with Gasteiger partial charge in [0.1, 0.15) is 11.4 Å². The first kappa shape index (κ1) is 20.7. The molecule has 2 aromatic rings. The topological polar surface area (TPSA) is 48.9 Å².